The quantitative estimate of drug-likeness (QED) is 0.838. The number of aryl methyl sites for hydroxylation is 1. The second kappa shape index (κ2) is 4.34. The van der Waals surface area contributed by atoms with E-state index in [2.05, 4.69) is 30.4 Å². The number of hydrogen-bond acceptors (Lipinski definition) is 2. The maximum absolute atomic E-state index is 10.2. The first-order valence-electron chi connectivity index (χ1n) is 6.82. The van der Waals surface area contributed by atoms with Gasteiger partial charge in [-0.15, -0.1) is 0 Å². The normalized spacial score (nSPS) is 27.4. The minimum Gasteiger partial charge on any atom is -0.391 e. The molecule has 0 radical (unpaired) electrons. The third-order valence-corrected chi connectivity index (χ3v) is 4.10. The first-order chi connectivity index (χ1) is 8.26. The molecule has 1 aromatic carbocycles. The molecule has 92 valence electrons. The fourth-order valence-corrected chi connectivity index (χ4v) is 2.77. The average Bonchev–Trinajstić information content (AvgIpc) is 3.13. The molecule has 0 amide bonds. The van der Waals surface area contributed by atoms with E-state index in [0.717, 1.165) is 25.2 Å². The van der Waals surface area contributed by atoms with Crippen molar-refractivity contribution in [2.24, 2.45) is 5.92 Å². The number of aliphatic hydroxyl groups is 1. The first kappa shape index (κ1) is 11.1. The van der Waals surface area contributed by atoms with Crippen molar-refractivity contribution >= 4 is 5.69 Å². The topological polar surface area (TPSA) is 32.3 Å². The molecule has 1 saturated carbocycles. The summed E-state index contributed by atoms with van der Waals surface area (Å²) >= 11 is 0. The summed E-state index contributed by atoms with van der Waals surface area (Å²) in [6, 6.07) is 6.87. The van der Waals surface area contributed by atoms with Gasteiger partial charge < -0.3 is 10.4 Å². The Morgan fingerprint density at radius 2 is 2.18 bits per heavy atom. The second-order valence-corrected chi connectivity index (χ2v) is 5.55. The van der Waals surface area contributed by atoms with E-state index in [4.69, 9.17) is 0 Å². The highest BCUT2D eigenvalue weighted by Gasteiger charge is 2.32. The molecule has 2 nitrogen and oxygen atoms in total. The van der Waals surface area contributed by atoms with Crippen molar-refractivity contribution in [2.75, 3.05) is 5.32 Å². The van der Waals surface area contributed by atoms with Gasteiger partial charge in [0.25, 0.3) is 0 Å². The van der Waals surface area contributed by atoms with E-state index in [0.29, 0.717) is 0 Å². The van der Waals surface area contributed by atoms with Gasteiger partial charge in [0.15, 0.2) is 0 Å². The van der Waals surface area contributed by atoms with Crippen LogP contribution in [0.15, 0.2) is 18.2 Å². The highest BCUT2D eigenvalue weighted by Crippen LogP contribution is 2.37. The van der Waals surface area contributed by atoms with Crippen LogP contribution in [0, 0.1) is 5.92 Å². The lowest BCUT2D eigenvalue weighted by Gasteiger charge is -2.32. The molecule has 1 aromatic rings. The van der Waals surface area contributed by atoms with Gasteiger partial charge in [-0.3, -0.25) is 0 Å². The van der Waals surface area contributed by atoms with Gasteiger partial charge in [0.05, 0.1) is 12.1 Å². The summed E-state index contributed by atoms with van der Waals surface area (Å²) < 4.78 is 0. The Morgan fingerprint density at radius 1 is 1.35 bits per heavy atom. The standard InChI is InChI=1S/C15H21NO/c1-2-10-5-6-13-12(7-10)9-15(17)14(16-13)8-11-3-4-11/h5-7,11,14-17H,2-4,8-9H2,1H3. The SMILES string of the molecule is CCc1ccc2c(c1)CC(O)C(CC1CC1)N2. The number of benzene rings is 1. The van der Waals surface area contributed by atoms with E-state index in [1.54, 1.807) is 0 Å². The Balaban J connectivity index is 1.78. The number of hydrogen-bond donors (Lipinski definition) is 2. The van der Waals surface area contributed by atoms with Crippen LogP contribution < -0.4 is 5.32 Å². The molecular formula is C15H21NO. The van der Waals surface area contributed by atoms with Crippen molar-refractivity contribution in [3.63, 3.8) is 0 Å². The van der Waals surface area contributed by atoms with Gasteiger partial charge >= 0.3 is 0 Å². The molecule has 2 heteroatoms. The molecule has 0 aromatic heterocycles. The molecule has 17 heavy (non-hydrogen) atoms. The summed E-state index contributed by atoms with van der Waals surface area (Å²) in [4.78, 5) is 0. The van der Waals surface area contributed by atoms with E-state index >= 15 is 0 Å². The summed E-state index contributed by atoms with van der Waals surface area (Å²) in [5.74, 6) is 0.860. The predicted molar refractivity (Wildman–Crippen MR) is 70.3 cm³/mol. The minimum absolute atomic E-state index is 0.213. The van der Waals surface area contributed by atoms with Crippen molar-refractivity contribution in [3.05, 3.63) is 29.3 Å². The molecule has 3 rings (SSSR count). The lowest BCUT2D eigenvalue weighted by molar-refractivity contribution is 0.141. The number of nitrogens with one attached hydrogen (secondary N) is 1. The predicted octanol–water partition coefficient (Wildman–Crippen LogP) is 2.75. The second-order valence-electron chi connectivity index (χ2n) is 5.55. The van der Waals surface area contributed by atoms with Crippen LogP contribution in [0.2, 0.25) is 0 Å². The zero-order valence-electron chi connectivity index (χ0n) is 10.4. The summed E-state index contributed by atoms with van der Waals surface area (Å²) in [7, 11) is 0. The molecule has 1 fully saturated rings. The fourth-order valence-electron chi connectivity index (χ4n) is 2.77. The van der Waals surface area contributed by atoms with Crippen molar-refractivity contribution in [1.82, 2.24) is 0 Å². The highest BCUT2D eigenvalue weighted by molar-refractivity contribution is 5.56. The van der Waals surface area contributed by atoms with E-state index < -0.39 is 0 Å². The van der Waals surface area contributed by atoms with Crippen molar-refractivity contribution in [1.29, 1.82) is 0 Å². The maximum Gasteiger partial charge on any atom is 0.0782 e. The van der Waals surface area contributed by atoms with Crippen LogP contribution in [0.25, 0.3) is 0 Å². The van der Waals surface area contributed by atoms with Crippen molar-refractivity contribution in [2.45, 2.75) is 51.2 Å². The number of aliphatic hydroxyl groups excluding tert-OH is 1. The van der Waals surface area contributed by atoms with Gasteiger partial charge in [-0.1, -0.05) is 31.9 Å². The third-order valence-electron chi connectivity index (χ3n) is 4.10. The van der Waals surface area contributed by atoms with E-state index in [9.17, 15) is 5.11 Å². The Hall–Kier alpha value is -1.02. The first-order valence-corrected chi connectivity index (χ1v) is 6.82. The van der Waals surface area contributed by atoms with Crippen LogP contribution >= 0.6 is 0 Å². The lowest BCUT2D eigenvalue weighted by atomic mass is 9.91. The van der Waals surface area contributed by atoms with Gasteiger partial charge in [0.1, 0.15) is 0 Å². The van der Waals surface area contributed by atoms with Gasteiger partial charge in [-0.05, 0) is 36.0 Å². The Kier molecular flexibility index (Phi) is 2.83. The molecule has 2 aliphatic rings. The molecule has 2 N–H and O–H groups in total. The molecule has 1 aliphatic heterocycles. The summed E-state index contributed by atoms with van der Waals surface area (Å²) in [5, 5.41) is 13.7. The smallest absolute Gasteiger partial charge is 0.0782 e. The van der Waals surface area contributed by atoms with Crippen molar-refractivity contribution < 1.29 is 5.11 Å². The Morgan fingerprint density at radius 3 is 2.88 bits per heavy atom. The van der Waals surface area contributed by atoms with Gasteiger partial charge in [-0.25, -0.2) is 0 Å². The van der Waals surface area contributed by atoms with Gasteiger partial charge in [-0.2, -0.15) is 0 Å². The largest absolute Gasteiger partial charge is 0.391 e. The number of anilines is 1. The number of rotatable bonds is 3. The third kappa shape index (κ3) is 2.32. The molecule has 2 atom stereocenters. The lowest BCUT2D eigenvalue weighted by Crippen LogP contribution is -2.39. The molecule has 2 unspecified atom stereocenters. The Bertz CT molecular complexity index is 411. The van der Waals surface area contributed by atoms with Gasteiger partial charge in [0.2, 0.25) is 0 Å². The van der Waals surface area contributed by atoms with Crippen molar-refractivity contribution in [3.8, 4) is 0 Å². The summed E-state index contributed by atoms with van der Waals surface area (Å²) in [6.45, 7) is 2.17. The van der Waals surface area contributed by atoms with Crippen LogP contribution in [0.3, 0.4) is 0 Å². The molecule has 0 bridgehead atoms. The summed E-state index contributed by atoms with van der Waals surface area (Å²) in [6.07, 6.45) is 5.51. The fraction of sp³-hybridized carbons (Fsp3) is 0.600. The average molecular weight is 231 g/mol. The van der Waals surface area contributed by atoms with Crippen LogP contribution in [0.5, 0.6) is 0 Å². The minimum atomic E-state index is -0.213. The van der Waals surface area contributed by atoms with Crippen LogP contribution in [-0.2, 0) is 12.8 Å². The van der Waals surface area contributed by atoms with E-state index in [1.807, 2.05) is 0 Å². The molecule has 0 saturated heterocycles. The van der Waals surface area contributed by atoms with E-state index in [-0.39, 0.29) is 12.1 Å². The molecule has 1 heterocycles. The summed E-state index contributed by atoms with van der Waals surface area (Å²) in [5.41, 5.74) is 3.88. The molecule has 1 aliphatic carbocycles. The van der Waals surface area contributed by atoms with Crippen LogP contribution in [0.4, 0.5) is 5.69 Å². The monoisotopic (exact) mass is 231 g/mol. The maximum atomic E-state index is 10.2. The Labute approximate surface area is 103 Å². The van der Waals surface area contributed by atoms with Gasteiger partial charge in [0, 0.05) is 12.1 Å². The van der Waals surface area contributed by atoms with E-state index in [1.165, 1.54) is 29.7 Å². The zero-order valence-corrected chi connectivity index (χ0v) is 10.4. The highest BCUT2D eigenvalue weighted by atomic mass is 16.3. The molecular weight excluding hydrogens is 210 g/mol. The van der Waals surface area contributed by atoms with Crippen LogP contribution in [-0.4, -0.2) is 17.3 Å². The van der Waals surface area contributed by atoms with Crippen LogP contribution in [0.1, 0.15) is 37.3 Å². The number of fused-ring (bicyclic) bond motifs is 1. The molecule has 0 spiro atoms. The zero-order chi connectivity index (χ0) is 11.8.